The van der Waals surface area contributed by atoms with Crippen LogP contribution in [0, 0.1) is 10.1 Å². The fourth-order valence-electron chi connectivity index (χ4n) is 3.40. The number of carbonyl (C=O) groups excluding carboxylic acids is 3. The molecule has 18 heteroatoms. The normalized spacial score (nSPS) is 10.5. The molecule has 3 aromatic rings. The van der Waals surface area contributed by atoms with Crippen LogP contribution in [0.3, 0.4) is 0 Å². The fourth-order valence-corrected chi connectivity index (χ4v) is 3.40. The van der Waals surface area contributed by atoms with Crippen LogP contribution in [0.1, 0.15) is 51.7 Å². The molecule has 0 saturated heterocycles. The highest BCUT2D eigenvalue weighted by molar-refractivity contribution is 6.06. The zero-order valence-electron chi connectivity index (χ0n) is 24.3. The maximum atomic E-state index is 13.1. The minimum Gasteiger partial charge on any atom is -0.479 e. The highest BCUT2D eigenvalue weighted by atomic mass is 16.6. The molecule has 18 nitrogen and oxygen atoms in total. The van der Waals surface area contributed by atoms with Gasteiger partial charge in [-0.05, 0) is 57.1 Å². The van der Waals surface area contributed by atoms with Gasteiger partial charge in [-0.3, -0.25) is 19.7 Å². The number of nitrogens with two attached hydrogens (primary N) is 1. The Morgan fingerprint density at radius 3 is 2.00 bits per heavy atom. The van der Waals surface area contributed by atoms with E-state index in [-0.39, 0.29) is 59.2 Å². The summed E-state index contributed by atoms with van der Waals surface area (Å²) in [6.07, 6.45) is -0.0412. The van der Waals surface area contributed by atoms with Gasteiger partial charge >= 0.3 is 17.6 Å². The maximum absolute atomic E-state index is 13.1. The number of hydrogen-bond donors (Lipinski definition) is 4. The van der Waals surface area contributed by atoms with Gasteiger partial charge in [-0.25, -0.2) is 24.5 Å². The van der Waals surface area contributed by atoms with E-state index in [2.05, 4.69) is 30.3 Å². The largest absolute Gasteiger partial charge is 0.479 e. The summed E-state index contributed by atoms with van der Waals surface area (Å²) in [5.41, 5.74) is 4.38. The Balaban J connectivity index is 1.88. The predicted molar refractivity (Wildman–Crippen MR) is 155 cm³/mol. The third-order valence-corrected chi connectivity index (χ3v) is 5.38. The zero-order valence-corrected chi connectivity index (χ0v) is 24.3. The lowest BCUT2D eigenvalue weighted by Gasteiger charge is -2.16. The van der Waals surface area contributed by atoms with Gasteiger partial charge in [0.1, 0.15) is 22.8 Å². The van der Waals surface area contributed by atoms with Crippen LogP contribution in [0.2, 0.25) is 0 Å². The third-order valence-electron chi connectivity index (χ3n) is 5.38. The lowest BCUT2D eigenvalue weighted by molar-refractivity contribution is -0.386. The molecule has 0 radical (unpaired) electrons. The number of pyridine rings is 3. The molecule has 2 amide bonds. The second-order valence-corrected chi connectivity index (χ2v) is 9.12. The van der Waals surface area contributed by atoms with E-state index < -0.39 is 47.1 Å². The van der Waals surface area contributed by atoms with Crippen molar-refractivity contribution in [2.24, 2.45) is 5.73 Å². The molecule has 0 aromatic carbocycles. The van der Waals surface area contributed by atoms with Gasteiger partial charge in [0.15, 0.2) is 12.3 Å². The molecule has 0 fully saturated rings. The number of hydrogen-bond acceptors (Lipinski definition) is 14. The Kier molecular flexibility index (Phi) is 11.6. The number of rotatable bonds is 15. The van der Waals surface area contributed by atoms with Crippen molar-refractivity contribution in [2.75, 3.05) is 37.5 Å². The van der Waals surface area contributed by atoms with E-state index in [9.17, 15) is 29.3 Å². The number of aromatic nitrogens is 3. The summed E-state index contributed by atoms with van der Waals surface area (Å²) in [4.78, 5) is 71.8. The van der Waals surface area contributed by atoms with Crippen molar-refractivity contribution in [3.63, 3.8) is 0 Å². The Hall–Kier alpha value is -5.91. The van der Waals surface area contributed by atoms with E-state index in [1.807, 2.05) is 0 Å². The molecule has 0 atom stereocenters. The molecule has 3 rings (SSSR count). The lowest BCUT2D eigenvalue weighted by Crippen LogP contribution is -2.20. The van der Waals surface area contributed by atoms with E-state index in [1.54, 1.807) is 13.8 Å². The van der Waals surface area contributed by atoms with Crippen LogP contribution in [-0.4, -0.2) is 81.7 Å². The van der Waals surface area contributed by atoms with Crippen molar-refractivity contribution in [3.05, 3.63) is 63.6 Å². The molecule has 0 bridgehead atoms. The van der Waals surface area contributed by atoms with Crippen molar-refractivity contribution < 1.29 is 48.2 Å². The topological polar surface area (TPSA) is 257 Å². The summed E-state index contributed by atoms with van der Waals surface area (Å²) in [5.74, 6) is -4.59. The number of methoxy groups -OCH3 is 1. The predicted octanol–water partition coefficient (Wildman–Crippen LogP) is 2.05. The van der Waals surface area contributed by atoms with Crippen LogP contribution >= 0.6 is 0 Å². The molecule has 45 heavy (non-hydrogen) atoms. The second-order valence-electron chi connectivity index (χ2n) is 9.12. The van der Waals surface area contributed by atoms with Crippen LogP contribution < -0.4 is 30.6 Å². The van der Waals surface area contributed by atoms with Crippen molar-refractivity contribution in [2.45, 2.75) is 26.4 Å². The number of carboxylic acid groups (broad SMARTS) is 1. The Morgan fingerprint density at radius 1 is 0.889 bits per heavy atom. The summed E-state index contributed by atoms with van der Waals surface area (Å²) in [6, 6.07) is 7.32. The zero-order chi connectivity index (χ0) is 33.1. The number of amides is 2. The first-order chi connectivity index (χ1) is 21.4. The van der Waals surface area contributed by atoms with Crippen molar-refractivity contribution in [1.82, 2.24) is 15.0 Å². The van der Waals surface area contributed by atoms with E-state index in [1.165, 1.54) is 24.3 Å². The van der Waals surface area contributed by atoms with Gasteiger partial charge in [0, 0.05) is 6.07 Å². The van der Waals surface area contributed by atoms with Gasteiger partial charge in [-0.1, -0.05) is 0 Å². The number of anilines is 2. The monoisotopic (exact) mass is 627 g/mol. The minimum atomic E-state index is -1.33. The third kappa shape index (κ3) is 9.29. The molecule has 0 saturated carbocycles. The summed E-state index contributed by atoms with van der Waals surface area (Å²) in [7, 11) is 1.13. The first-order valence-electron chi connectivity index (χ1n) is 13.2. The number of esters is 1. The second kappa shape index (κ2) is 15.5. The van der Waals surface area contributed by atoms with Gasteiger partial charge in [-0.15, -0.1) is 0 Å². The van der Waals surface area contributed by atoms with Gasteiger partial charge in [-0.2, -0.15) is 0 Å². The van der Waals surface area contributed by atoms with Crippen LogP contribution in [0.15, 0.2) is 36.4 Å². The summed E-state index contributed by atoms with van der Waals surface area (Å²) < 4.78 is 20.8. The molecule has 3 aromatic heterocycles. The Morgan fingerprint density at radius 2 is 1.44 bits per heavy atom. The van der Waals surface area contributed by atoms with Gasteiger partial charge in [0.05, 0.1) is 24.7 Å². The smallest absolute Gasteiger partial charge is 0.356 e. The Bertz CT molecular complexity index is 1600. The number of nitrogens with zero attached hydrogens (tertiary/aromatic N) is 4. The number of nitrogens with one attached hydrogen (secondary N) is 2. The standard InChI is InChI=1S/C27H29N7O11/c1-14(2)45-25-18(30-23(38)16-9-10-20(34(40)41)26(32-16)43-12-4-11-28)6-5-15(31-25)22(37)29-17-7-8-19(27(39)42-3)33-24(17)44-13-21(35)36/h5-10,14H,4,11-13,28H2,1-3H3,(H,29,37)(H,30,38)(H,35,36). The number of carboxylic acids is 1. The average molecular weight is 628 g/mol. The fraction of sp³-hybridized carbons (Fsp3) is 0.296. The molecular formula is C27H29N7O11. The van der Waals surface area contributed by atoms with Crippen LogP contribution in [0.4, 0.5) is 17.1 Å². The van der Waals surface area contributed by atoms with Crippen molar-refractivity contribution >= 4 is 40.8 Å². The highest BCUT2D eigenvalue weighted by Gasteiger charge is 2.23. The summed E-state index contributed by atoms with van der Waals surface area (Å²) >= 11 is 0. The minimum absolute atomic E-state index is 0.0468. The number of aliphatic carboxylic acids is 1. The molecule has 0 spiro atoms. The lowest BCUT2D eigenvalue weighted by atomic mass is 10.2. The van der Waals surface area contributed by atoms with Gasteiger partial charge < -0.3 is 40.4 Å². The number of carbonyl (C=O) groups is 4. The van der Waals surface area contributed by atoms with Gasteiger partial charge in [0.2, 0.25) is 11.8 Å². The molecule has 0 unspecified atom stereocenters. The molecule has 238 valence electrons. The van der Waals surface area contributed by atoms with Crippen LogP contribution in [0.5, 0.6) is 17.6 Å². The highest BCUT2D eigenvalue weighted by Crippen LogP contribution is 2.28. The SMILES string of the molecule is COC(=O)c1ccc(NC(=O)c2ccc(NC(=O)c3ccc([N+](=O)[O-])c(OCCCN)n3)c(OC(C)C)n2)c(OCC(=O)O)n1. The number of ether oxygens (including phenoxy) is 4. The quantitative estimate of drug-likeness (QED) is 0.0813. The van der Waals surface area contributed by atoms with Crippen molar-refractivity contribution in [3.8, 4) is 17.6 Å². The first kappa shape index (κ1) is 33.6. The average Bonchev–Trinajstić information content (AvgIpc) is 3.00. The van der Waals surface area contributed by atoms with Crippen molar-refractivity contribution in [1.29, 1.82) is 0 Å². The van der Waals surface area contributed by atoms with E-state index in [0.29, 0.717) is 6.42 Å². The van der Waals surface area contributed by atoms with Crippen LogP contribution in [-0.2, 0) is 9.53 Å². The van der Waals surface area contributed by atoms with Gasteiger partial charge in [0.25, 0.3) is 17.7 Å². The Labute approximate surface area is 255 Å². The molecule has 5 N–H and O–H groups in total. The first-order valence-corrected chi connectivity index (χ1v) is 13.2. The van der Waals surface area contributed by atoms with E-state index >= 15 is 0 Å². The van der Waals surface area contributed by atoms with Crippen LogP contribution in [0.25, 0.3) is 0 Å². The van der Waals surface area contributed by atoms with E-state index in [4.69, 9.17) is 25.1 Å². The number of nitro groups is 1. The molecule has 0 aliphatic carbocycles. The summed E-state index contributed by atoms with van der Waals surface area (Å²) in [5, 5.41) is 25.4. The molecule has 0 aliphatic heterocycles. The summed E-state index contributed by atoms with van der Waals surface area (Å²) in [6.45, 7) is 2.89. The maximum Gasteiger partial charge on any atom is 0.356 e. The molecule has 3 heterocycles. The van der Waals surface area contributed by atoms with E-state index in [0.717, 1.165) is 19.2 Å². The molecular weight excluding hydrogens is 598 g/mol. The molecule has 0 aliphatic rings.